The van der Waals surface area contributed by atoms with Crippen LogP contribution in [0.4, 0.5) is 0 Å². The van der Waals surface area contributed by atoms with Crippen LogP contribution in [-0.4, -0.2) is 11.1 Å². The third kappa shape index (κ3) is 135. The summed E-state index contributed by atoms with van der Waals surface area (Å²) in [5, 5.41) is 7.31. The number of carboxylic acids is 1. The molecule has 2 nitrogen and oxygen atoms in total. The van der Waals surface area contributed by atoms with Gasteiger partial charge in [0.25, 0.3) is 0 Å². The first-order chi connectivity index (χ1) is 1.73. The number of aliphatic carboxylic acids is 1. The van der Waals surface area contributed by atoms with Gasteiger partial charge in [0.05, 0.1) is 0 Å². The molecule has 0 spiro atoms. The number of carbonyl (C=O) groups is 1. The van der Waals surface area contributed by atoms with E-state index in [0.717, 1.165) is 0 Å². The van der Waals surface area contributed by atoms with E-state index in [1.165, 1.54) is 0 Å². The van der Waals surface area contributed by atoms with E-state index in [-0.39, 0.29) is 32.7 Å². The molecular formula is C2H3O2Y-. The second-order valence-corrected chi connectivity index (χ2v) is 0.394. The smallest absolute Gasteiger partial charge is 0.161 e. The van der Waals surface area contributed by atoms with Crippen molar-refractivity contribution in [1.82, 2.24) is 0 Å². The zero-order chi connectivity index (χ0) is 3.58. The van der Waals surface area contributed by atoms with Crippen molar-refractivity contribution in [3.8, 4) is 0 Å². The van der Waals surface area contributed by atoms with Crippen molar-refractivity contribution in [1.29, 1.82) is 0 Å². The molecule has 0 aromatic rings. The maximum absolute atomic E-state index is 8.89. The van der Waals surface area contributed by atoms with E-state index < -0.39 is 5.97 Å². The van der Waals surface area contributed by atoms with Gasteiger partial charge in [0.15, 0.2) is 5.97 Å². The minimum absolute atomic E-state index is 0. The summed E-state index contributed by atoms with van der Waals surface area (Å²) in [7, 11) is 0. The van der Waals surface area contributed by atoms with E-state index in [1.54, 1.807) is 0 Å². The van der Waals surface area contributed by atoms with Crippen LogP contribution in [0.3, 0.4) is 0 Å². The SMILES string of the molecule is [CH2-]C(=O)O.[Y]. The van der Waals surface area contributed by atoms with E-state index >= 15 is 0 Å². The Labute approximate surface area is 55.4 Å². The van der Waals surface area contributed by atoms with Gasteiger partial charge in [-0.1, -0.05) is 0 Å². The van der Waals surface area contributed by atoms with Crippen molar-refractivity contribution in [2.24, 2.45) is 0 Å². The Morgan fingerprint density at radius 3 is 1.80 bits per heavy atom. The van der Waals surface area contributed by atoms with Gasteiger partial charge in [-0.25, -0.2) is 0 Å². The van der Waals surface area contributed by atoms with Crippen molar-refractivity contribution < 1.29 is 42.6 Å². The van der Waals surface area contributed by atoms with E-state index in [9.17, 15) is 0 Å². The van der Waals surface area contributed by atoms with Crippen LogP contribution >= 0.6 is 0 Å². The van der Waals surface area contributed by atoms with Gasteiger partial charge in [-0.05, 0) is 0 Å². The first kappa shape index (κ1) is 9.06. The van der Waals surface area contributed by atoms with Crippen molar-refractivity contribution in [2.45, 2.75) is 0 Å². The molecule has 0 aromatic heterocycles. The number of hydrogen-bond donors (Lipinski definition) is 1. The Hall–Kier alpha value is 0.444. The van der Waals surface area contributed by atoms with Gasteiger partial charge in [-0.2, -0.15) is 0 Å². The van der Waals surface area contributed by atoms with Crippen molar-refractivity contribution in [3.63, 3.8) is 0 Å². The Morgan fingerprint density at radius 1 is 1.80 bits per heavy atom. The fraction of sp³-hybridized carbons (Fsp3) is 0. The molecule has 0 amide bonds. The number of carboxylic acid groups (broad SMARTS) is 1. The van der Waals surface area contributed by atoms with Gasteiger partial charge in [0, 0.05) is 32.7 Å². The first-order valence-electron chi connectivity index (χ1n) is 0.781. The molecule has 0 bridgehead atoms. The van der Waals surface area contributed by atoms with Crippen LogP contribution in [-0.2, 0) is 37.5 Å². The summed E-state index contributed by atoms with van der Waals surface area (Å²) in [5.74, 6) is -1.08. The van der Waals surface area contributed by atoms with Crippen molar-refractivity contribution in [2.75, 3.05) is 0 Å². The van der Waals surface area contributed by atoms with E-state index in [1.807, 2.05) is 0 Å². The van der Waals surface area contributed by atoms with Crippen LogP contribution in [0.15, 0.2) is 0 Å². The molecule has 0 aliphatic rings. The molecule has 27 valence electrons. The molecule has 5 heavy (non-hydrogen) atoms. The molecule has 1 radical (unpaired) electrons. The molecule has 0 saturated heterocycles. The third-order valence-corrected chi connectivity index (χ3v) is 0. The fourth-order valence-corrected chi connectivity index (χ4v) is 0. The Balaban J connectivity index is 0. The standard InChI is InChI=1S/C2H3O2.Y/c1-2(3)4;/h1H2,(H,3,4);/q-1;. The van der Waals surface area contributed by atoms with Crippen LogP contribution in [0.1, 0.15) is 0 Å². The summed E-state index contributed by atoms with van der Waals surface area (Å²) >= 11 is 0. The van der Waals surface area contributed by atoms with E-state index in [0.29, 0.717) is 0 Å². The second-order valence-electron chi connectivity index (χ2n) is 0.394. The van der Waals surface area contributed by atoms with Crippen molar-refractivity contribution >= 4 is 5.97 Å². The molecule has 0 aliphatic carbocycles. The summed E-state index contributed by atoms with van der Waals surface area (Å²) in [6, 6.07) is 0. The van der Waals surface area contributed by atoms with Gasteiger partial charge in [0.2, 0.25) is 0 Å². The molecule has 0 atom stereocenters. The van der Waals surface area contributed by atoms with Gasteiger partial charge < -0.3 is 5.11 Å². The molecule has 3 heteroatoms. The van der Waals surface area contributed by atoms with Crippen LogP contribution in [0, 0.1) is 6.92 Å². The molecule has 0 heterocycles. The Morgan fingerprint density at radius 2 is 1.80 bits per heavy atom. The van der Waals surface area contributed by atoms with Crippen LogP contribution < -0.4 is 0 Å². The quantitative estimate of drug-likeness (QED) is 0.487. The predicted molar refractivity (Wildman–Crippen MR) is 13.0 cm³/mol. The molecule has 0 aliphatic heterocycles. The predicted octanol–water partition coefficient (Wildman–Crippen LogP) is -0.0974. The summed E-state index contributed by atoms with van der Waals surface area (Å²) in [6.45, 7) is 2.56. The second kappa shape index (κ2) is 4.44. The van der Waals surface area contributed by atoms with Gasteiger partial charge >= 0.3 is 0 Å². The molecule has 0 unspecified atom stereocenters. The topological polar surface area (TPSA) is 37.3 Å². The molecule has 0 aromatic carbocycles. The average Bonchev–Trinajstić information content (AvgIpc) is 0.811. The van der Waals surface area contributed by atoms with Gasteiger partial charge in [0.1, 0.15) is 0 Å². The normalized spacial score (nSPS) is 4.80. The molecule has 1 N–H and O–H groups in total. The minimum Gasteiger partial charge on any atom is -0.503 e. The largest absolute Gasteiger partial charge is 0.503 e. The summed E-state index contributed by atoms with van der Waals surface area (Å²) in [5.41, 5.74) is 0. The number of hydrogen-bond acceptors (Lipinski definition) is 1. The van der Waals surface area contributed by atoms with Crippen LogP contribution in [0.25, 0.3) is 0 Å². The Bertz CT molecular complexity index is 30.6. The molecule has 0 saturated carbocycles. The van der Waals surface area contributed by atoms with Gasteiger partial charge in [-0.15, -0.1) is 0 Å². The maximum atomic E-state index is 8.89. The summed E-state index contributed by atoms with van der Waals surface area (Å²) in [4.78, 5) is 8.89. The molecule has 0 fully saturated rings. The van der Waals surface area contributed by atoms with Gasteiger partial charge in [-0.3, -0.25) is 11.7 Å². The number of rotatable bonds is 0. The zero-order valence-electron chi connectivity index (χ0n) is 2.64. The van der Waals surface area contributed by atoms with Crippen LogP contribution in [0.2, 0.25) is 0 Å². The fourth-order valence-electron chi connectivity index (χ4n) is 0. The monoisotopic (exact) mass is 148 g/mol. The average molecular weight is 148 g/mol. The molecule has 0 rings (SSSR count). The summed E-state index contributed by atoms with van der Waals surface area (Å²) in [6.07, 6.45) is 0. The zero-order valence-corrected chi connectivity index (χ0v) is 5.48. The minimum atomic E-state index is -1.08. The van der Waals surface area contributed by atoms with E-state index in [4.69, 9.17) is 9.90 Å². The Kier molecular flexibility index (Phi) is 8.06. The third-order valence-electron chi connectivity index (χ3n) is 0. The van der Waals surface area contributed by atoms with Crippen molar-refractivity contribution in [3.05, 3.63) is 6.92 Å². The van der Waals surface area contributed by atoms with E-state index in [2.05, 4.69) is 6.92 Å². The first-order valence-corrected chi connectivity index (χ1v) is 0.781. The van der Waals surface area contributed by atoms with Crippen LogP contribution in [0.5, 0.6) is 0 Å². The maximum Gasteiger partial charge on any atom is 0.161 e. The molecular weight excluding hydrogens is 145 g/mol. The summed E-state index contributed by atoms with van der Waals surface area (Å²) < 4.78 is 0.